The molecule has 0 bridgehead atoms. The lowest BCUT2D eigenvalue weighted by atomic mass is 10.2. The molecule has 0 aliphatic heterocycles. The molecule has 4 rings (SSSR count). The number of amides is 1. The van der Waals surface area contributed by atoms with Crippen LogP contribution in [0.4, 0.5) is 5.82 Å². The van der Waals surface area contributed by atoms with E-state index in [0.717, 1.165) is 35.5 Å². The number of hydrogen-bond donors (Lipinski definition) is 3. The molecular weight excluding hydrogens is 380 g/mol. The van der Waals surface area contributed by atoms with Crippen molar-refractivity contribution in [3.63, 3.8) is 0 Å². The molecular formula is C22H28N6O2. The van der Waals surface area contributed by atoms with E-state index in [2.05, 4.69) is 25.6 Å². The highest BCUT2D eigenvalue weighted by atomic mass is 16.2. The fourth-order valence-electron chi connectivity index (χ4n) is 3.54. The van der Waals surface area contributed by atoms with Gasteiger partial charge in [-0.15, -0.1) is 0 Å². The van der Waals surface area contributed by atoms with Gasteiger partial charge in [-0.1, -0.05) is 25.7 Å². The minimum atomic E-state index is -0.265. The minimum Gasteiger partial charge on any atom is -0.365 e. The van der Waals surface area contributed by atoms with Crippen LogP contribution in [0.5, 0.6) is 0 Å². The third kappa shape index (κ3) is 5.06. The van der Waals surface area contributed by atoms with Gasteiger partial charge in [0.2, 0.25) is 5.91 Å². The van der Waals surface area contributed by atoms with Crippen LogP contribution in [-0.4, -0.2) is 32.0 Å². The van der Waals surface area contributed by atoms with Crippen LogP contribution in [0.3, 0.4) is 0 Å². The molecule has 30 heavy (non-hydrogen) atoms. The lowest BCUT2D eigenvalue weighted by Crippen LogP contribution is -2.34. The van der Waals surface area contributed by atoms with E-state index in [4.69, 9.17) is 0 Å². The SMILES string of the molecule is Cc1cnc(NCCCCC2CC2)c(=O)n1CC(=O)NCc1cc2cc[nH]c2cn1. The maximum absolute atomic E-state index is 12.7. The molecule has 3 heterocycles. The number of unbranched alkanes of at least 4 members (excludes halogenated alkanes) is 1. The number of carbonyl (C=O) groups is 1. The van der Waals surface area contributed by atoms with Crippen LogP contribution in [0.15, 0.2) is 35.5 Å². The Balaban J connectivity index is 1.31. The molecule has 1 aliphatic carbocycles. The zero-order valence-corrected chi connectivity index (χ0v) is 17.3. The number of carbonyl (C=O) groups excluding carboxylic acids is 1. The summed E-state index contributed by atoms with van der Waals surface area (Å²) in [6.45, 7) is 2.76. The van der Waals surface area contributed by atoms with Gasteiger partial charge in [-0.25, -0.2) is 4.98 Å². The summed E-state index contributed by atoms with van der Waals surface area (Å²) in [6.07, 6.45) is 11.4. The van der Waals surface area contributed by atoms with Crippen molar-refractivity contribution < 1.29 is 4.79 Å². The topological polar surface area (TPSA) is 105 Å². The van der Waals surface area contributed by atoms with Gasteiger partial charge in [-0.2, -0.15) is 0 Å². The van der Waals surface area contributed by atoms with Gasteiger partial charge in [0.25, 0.3) is 5.56 Å². The first kappa shape index (κ1) is 20.1. The molecule has 0 spiro atoms. The smallest absolute Gasteiger partial charge is 0.293 e. The Morgan fingerprint density at radius 1 is 1.27 bits per heavy atom. The molecule has 1 aliphatic rings. The average molecular weight is 409 g/mol. The van der Waals surface area contributed by atoms with Crippen LogP contribution in [-0.2, 0) is 17.9 Å². The first-order valence-electron chi connectivity index (χ1n) is 10.6. The molecule has 8 nitrogen and oxygen atoms in total. The van der Waals surface area contributed by atoms with E-state index in [1.54, 1.807) is 19.3 Å². The Morgan fingerprint density at radius 3 is 2.97 bits per heavy atom. The predicted octanol–water partition coefficient (Wildman–Crippen LogP) is 2.74. The molecule has 1 saturated carbocycles. The Morgan fingerprint density at radius 2 is 2.13 bits per heavy atom. The first-order chi connectivity index (χ1) is 14.6. The van der Waals surface area contributed by atoms with Crippen molar-refractivity contribution in [1.82, 2.24) is 24.8 Å². The second kappa shape index (κ2) is 9.11. The van der Waals surface area contributed by atoms with Gasteiger partial charge in [-0.05, 0) is 31.4 Å². The number of nitrogens with zero attached hydrogens (tertiary/aromatic N) is 3. The van der Waals surface area contributed by atoms with E-state index in [1.807, 2.05) is 18.3 Å². The summed E-state index contributed by atoms with van der Waals surface area (Å²) in [5.41, 5.74) is 2.11. The van der Waals surface area contributed by atoms with E-state index in [9.17, 15) is 9.59 Å². The molecule has 1 fully saturated rings. The molecule has 3 aromatic rings. The molecule has 0 atom stereocenters. The Bertz CT molecular complexity index is 1080. The number of anilines is 1. The number of H-pyrrole nitrogens is 1. The molecule has 3 N–H and O–H groups in total. The van der Waals surface area contributed by atoms with E-state index in [-0.39, 0.29) is 18.0 Å². The molecule has 0 saturated heterocycles. The molecule has 1 amide bonds. The van der Waals surface area contributed by atoms with E-state index in [0.29, 0.717) is 18.1 Å². The molecule has 0 aromatic carbocycles. The molecule has 3 aromatic heterocycles. The third-order valence-electron chi connectivity index (χ3n) is 5.55. The van der Waals surface area contributed by atoms with Gasteiger partial charge in [0.15, 0.2) is 5.82 Å². The van der Waals surface area contributed by atoms with Gasteiger partial charge in [0.05, 0.1) is 24.0 Å². The summed E-state index contributed by atoms with van der Waals surface area (Å²) in [4.78, 5) is 36.8. The van der Waals surface area contributed by atoms with Crippen molar-refractivity contribution in [1.29, 1.82) is 0 Å². The number of fused-ring (bicyclic) bond motifs is 1. The molecule has 158 valence electrons. The minimum absolute atomic E-state index is 0.0457. The second-order valence-electron chi connectivity index (χ2n) is 8.02. The maximum atomic E-state index is 12.7. The molecule has 8 heteroatoms. The van der Waals surface area contributed by atoms with E-state index >= 15 is 0 Å². The Labute approximate surface area is 175 Å². The molecule has 0 unspecified atom stereocenters. The first-order valence-corrected chi connectivity index (χ1v) is 10.6. The highest BCUT2D eigenvalue weighted by Crippen LogP contribution is 2.33. The predicted molar refractivity (Wildman–Crippen MR) is 116 cm³/mol. The van der Waals surface area contributed by atoms with Gasteiger partial charge < -0.3 is 15.6 Å². The number of pyridine rings is 1. The van der Waals surface area contributed by atoms with Gasteiger partial charge in [0, 0.05) is 30.0 Å². The lowest BCUT2D eigenvalue weighted by molar-refractivity contribution is -0.121. The monoisotopic (exact) mass is 408 g/mol. The van der Waals surface area contributed by atoms with Crippen LogP contribution in [0, 0.1) is 12.8 Å². The van der Waals surface area contributed by atoms with Gasteiger partial charge >= 0.3 is 0 Å². The van der Waals surface area contributed by atoms with Gasteiger partial charge in [-0.3, -0.25) is 19.1 Å². The highest BCUT2D eigenvalue weighted by molar-refractivity contribution is 5.79. The largest absolute Gasteiger partial charge is 0.365 e. The number of nitrogens with one attached hydrogen (secondary N) is 3. The van der Waals surface area contributed by atoms with E-state index in [1.165, 1.54) is 30.3 Å². The van der Waals surface area contributed by atoms with Crippen molar-refractivity contribution in [3.05, 3.63) is 52.5 Å². The molecule has 0 radical (unpaired) electrons. The standard InChI is InChI=1S/C22H28N6O2/c1-15-11-27-21(24-8-3-2-4-16-5-6-16)22(30)28(15)14-20(29)26-12-18-10-17-7-9-23-19(17)13-25-18/h7,9-11,13,16,23H,2-6,8,12,14H2,1H3,(H,24,27)(H,26,29). The third-order valence-corrected chi connectivity index (χ3v) is 5.55. The van der Waals surface area contributed by atoms with Crippen LogP contribution in [0.1, 0.15) is 43.5 Å². The van der Waals surface area contributed by atoms with Crippen molar-refractivity contribution in [2.75, 3.05) is 11.9 Å². The van der Waals surface area contributed by atoms with Gasteiger partial charge in [0.1, 0.15) is 6.54 Å². The van der Waals surface area contributed by atoms with Crippen LogP contribution >= 0.6 is 0 Å². The highest BCUT2D eigenvalue weighted by Gasteiger charge is 2.20. The summed E-state index contributed by atoms with van der Waals surface area (Å²) < 4.78 is 1.46. The summed E-state index contributed by atoms with van der Waals surface area (Å²) in [7, 11) is 0. The second-order valence-corrected chi connectivity index (χ2v) is 8.02. The lowest BCUT2D eigenvalue weighted by Gasteiger charge is -2.12. The van der Waals surface area contributed by atoms with Crippen molar-refractivity contribution >= 4 is 22.6 Å². The van der Waals surface area contributed by atoms with Crippen LogP contribution in [0.2, 0.25) is 0 Å². The fraction of sp³-hybridized carbons (Fsp3) is 0.455. The average Bonchev–Trinajstić information content (AvgIpc) is 3.45. The van der Waals surface area contributed by atoms with Crippen molar-refractivity contribution in [3.8, 4) is 0 Å². The van der Waals surface area contributed by atoms with E-state index < -0.39 is 0 Å². The summed E-state index contributed by atoms with van der Waals surface area (Å²) in [5, 5.41) is 7.02. The summed E-state index contributed by atoms with van der Waals surface area (Å²) in [5.74, 6) is 0.996. The number of aromatic amines is 1. The zero-order valence-electron chi connectivity index (χ0n) is 17.3. The number of rotatable bonds is 10. The Hall–Kier alpha value is -3.16. The quantitative estimate of drug-likeness (QED) is 0.448. The number of hydrogen-bond acceptors (Lipinski definition) is 5. The fourth-order valence-corrected chi connectivity index (χ4v) is 3.54. The summed E-state index contributed by atoms with van der Waals surface area (Å²) in [6, 6.07) is 3.89. The Kier molecular flexibility index (Phi) is 6.11. The van der Waals surface area contributed by atoms with Crippen LogP contribution < -0.4 is 16.2 Å². The van der Waals surface area contributed by atoms with Crippen LogP contribution in [0.25, 0.3) is 10.9 Å². The normalized spacial score (nSPS) is 13.5. The number of aryl methyl sites for hydroxylation is 1. The van der Waals surface area contributed by atoms with Crippen molar-refractivity contribution in [2.24, 2.45) is 5.92 Å². The summed E-state index contributed by atoms with van der Waals surface area (Å²) >= 11 is 0. The number of aromatic nitrogens is 4. The maximum Gasteiger partial charge on any atom is 0.293 e. The zero-order chi connectivity index (χ0) is 20.9. The van der Waals surface area contributed by atoms with Crippen molar-refractivity contribution in [2.45, 2.75) is 52.1 Å².